The molecule has 1 N–H and O–H groups in total. The quantitative estimate of drug-likeness (QED) is 0.134. The second-order valence-electron chi connectivity index (χ2n) is 7.81. The van der Waals surface area contributed by atoms with Crippen LogP contribution >= 0.6 is 0 Å². The van der Waals surface area contributed by atoms with Crippen LogP contribution in [0.2, 0.25) is 0 Å². The molecule has 4 nitrogen and oxygen atoms in total. The van der Waals surface area contributed by atoms with E-state index in [-0.39, 0.29) is 18.5 Å². The van der Waals surface area contributed by atoms with E-state index in [2.05, 4.69) is 26.0 Å². The van der Waals surface area contributed by atoms with Crippen LogP contribution in [0.15, 0.2) is 12.2 Å². The summed E-state index contributed by atoms with van der Waals surface area (Å²) in [6.07, 6.45) is 21.5. The molecule has 28 heavy (non-hydrogen) atoms. The van der Waals surface area contributed by atoms with Crippen LogP contribution in [0.3, 0.4) is 0 Å². The van der Waals surface area contributed by atoms with Crippen molar-refractivity contribution < 1.29 is 19.4 Å². The van der Waals surface area contributed by atoms with E-state index in [1.165, 1.54) is 57.8 Å². The summed E-state index contributed by atoms with van der Waals surface area (Å²) in [6.45, 7) is 4.30. The first-order valence-electron chi connectivity index (χ1n) is 11.7. The summed E-state index contributed by atoms with van der Waals surface area (Å²) in [5.74, 6) is -0.913. The third kappa shape index (κ3) is 19.4. The maximum atomic E-state index is 12.0. The van der Waals surface area contributed by atoms with Gasteiger partial charge in [0.05, 0.1) is 0 Å². The van der Waals surface area contributed by atoms with Crippen molar-refractivity contribution >= 4 is 11.9 Å². The van der Waals surface area contributed by atoms with E-state index >= 15 is 0 Å². The van der Waals surface area contributed by atoms with Gasteiger partial charge in [-0.3, -0.25) is 9.59 Å². The molecule has 0 aromatic carbocycles. The summed E-state index contributed by atoms with van der Waals surface area (Å²) in [7, 11) is 0. The van der Waals surface area contributed by atoms with Gasteiger partial charge in [0.25, 0.3) is 0 Å². The Morgan fingerprint density at radius 3 is 1.96 bits per heavy atom. The third-order valence-corrected chi connectivity index (χ3v) is 4.97. The Balaban J connectivity index is 3.58. The number of hydrogen-bond acceptors (Lipinski definition) is 3. The summed E-state index contributed by atoms with van der Waals surface area (Å²) in [5.41, 5.74) is 0. The predicted molar refractivity (Wildman–Crippen MR) is 116 cm³/mol. The van der Waals surface area contributed by atoms with E-state index in [0.29, 0.717) is 19.3 Å². The second kappa shape index (κ2) is 20.4. The van der Waals surface area contributed by atoms with E-state index in [1.54, 1.807) is 0 Å². The van der Waals surface area contributed by atoms with Crippen LogP contribution in [-0.2, 0) is 14.3 Å². The van der Waals surface area contributed by atoms with Crippen molar-refractivity contribution in [2.75, 3.05) is 0 Å². The number of carbonyl (C=O) groups excluding carboxylic acids is 1. The van der Waals surface area contributed by atoms with Crippen LogP contribution in [-0.4, -0.2) is 23.1 Å². The van der Waals surface area contributed by atoms with Gasteiger partial charge >= 0.3 is 11.9 Å². The predicted octanol–water partition coefficient (Wildman–Crippen LogP) is 7.21. The highest BCUT2D eigenvalue weighted by Gasteiger charge is 2.14. The lowest BCUT2D eigenvalue weighted by molar-refractivity contribution is -0.150. The molecule has 0 saturated carbocycles. The largest absolute Gasteiger partial charge is 0.481 e. The molecule has 0 aliphatic carbocycles. The molecule has 0 bridgehead atoms. The van der Waals surface area contributed by atoms with Crippen molar-refractivity contribution in [1.82, 2.24) is 0 Å². The molecule has 0 spiro atoms. The lowest BCUT2D eigenvalue weighted by Crippen LogP contribution is -2.18. The van der Waals surface area contributed by atoms with Crippen LogP contribution in [0.5, 0.6) is 0 Å². The molecule has 0 saturated heterocycles. The Labute approximate surface area is 173 Å². The number of aliphatic carboxylic acids is 1. The zero-order valence-corrected chi connectivity index (χ0v) is 18.4. The van der Waals surface area contributed by atoms with Gasteiger partial charge in [-0.2, -0.15) is 0 Å². The molecular formula is C24H44O4. The average Bonchev–Trinajstić information content (AvgIpc) is 2.65. The van der Waals surface area contributed by atoms with Crippen LogP contribution in [0.4, 0.5) is 0 Å². The number of esters is 1. The second-order valence-corrected chi connectivity index (χ2v) is 7.81. The fraction of sp³-hybridized carbons (Fsp3) is 0.833. The molecule has 1 atom stereocenters. The molecular weight excluding hydrogens is 352 g/mol. The monoisotopic (exact) mass is 396 g/mol. The first-order chi connectivity index (χ1) is 13.6. The Morgan fingerprint density at radius 1 is 0.750 bits per heavy atom. The van der Waals surface area contributed by atoms with Gasteiger partial charge < -0.3 is 9.84 Å². The van der Waals surface area contributed by atoms with Gasteiger partial charge in [-0.1, -0.05) is 70.9 Å². The lowest BCUT2D eigenvalue weighted by atomic mass is 10.1. The number of carbonyl (C=O) groups is 2. The number of hydrogen-bond donors (Lipinski definition) is 1. The molecule has 0 aliphatic rings. The highest BCUT2D eigenvalue weighted by atomic mass is 16.5. The minimum atomic E-state index is -0.788. The van der Waals surface area contributed by atoms with Crippen molar-refractivity contribution in [3.8, 4) is 0 Å². The summed E-state index contributed by atoms with van der Waals surface area (Å²) in [6, 6.07) is 0. The van der Waals surface area contributed by atoms with Gasteiger partial charge in [-0.15, -0.1) is 0 Å². The van der Waals surface area contributed by atoms with Crippen molar-refractivity contribution in [3.05, 3.63) is 12.2 Å². The van der Waals surface area contributed by atoms with Gasteiger partial charge in [0, 0.05) is 12.8 Å². The van der Waals surface area contributed by atoms with Crippen LogP contribution in [0.25, 0.3) is 0 Å². The highest BCUT2D eigenvalue weighted by molar-refractivity contribution is 5.69. The molecule has 0 rings (SSSR count). The first-order valence-corrected chi connectivity index (χ1v) is 11.7. The molecule has 0 amide bonds. The maximum absolute atomic E-state index is 12.0. The van der Waals surface area contributed by atoms with Gasteiger partial charge in [-0.25, -0.2) is 0 Å². The van der Waals surface area contributed by atoms with Gasteiger partial charge in [0.15, 0.2) is 0 Å². The van der Waals surface area contributed by atoms with E-state index in [9.17, 15) is 9.59 Å². The Bertz CT molecular complexity index is 403. The van der Waals surface area contributed by atoms with E-state index in [0.717, 1.165) is 25.7 Å². The Hall–Kier alpha value is -1.32. The molecule has 1 unspecified atom stereocenters. The molecule has 0 aromatic rings. The van der Waals surface area contributed by atoms with E-state index in [1.807, 2.05) is 0 Å². The Kier molecular flexibility index (Phi) is 19.5. The van der Waals surface area contributed by atoms with Gasteiger partial charge in [0.1, 0.15) is 6.10 Å². The average molecular weight is 397 g/mol. The Morgan fingerprint density at radius 2 is 1.36 bits per heavy atom. The van der Waals surface area contributed by atoms with Gasteiger partial charge in [0.2, 0.25) is 0 Å². The summed E-state index contributed by atoms with van der Waals surface area (Å²) >= 11 is 0. The smallest absolute Gasteiger partial charge is 0.306 e. The van der Waals surface area contributed by atoms with Gasteiger partial charge in [-0.05, 0) is 51.4 Å². The maximum Gasteiger partial charge on any atom is 0.306 e. The normalized spacial score (nSPS) is 12.4. The summed E-state index contributed by atoms with van der Waals surface area (Å²) in [5, 5.41) is 8.71. The topological polar surface area (TPSA) is 63.6 Å². The summed E-state index contributed by atoms with van der Waals surface area (Å²) < 4.78 is 5.54. The standard InChI is InChI=1S/C24H44O4/c1-3-5-6-7-8-9-10-11-12-13-14-15-16-21-24(27)28-22(18-4-2)19-17-20-23(25)26/h9-10,22H,3-8,11-21H2,1-2H3,(H,25,26)/b10-9-. The molecule has 0 heterocycles. The molecule has 0 fully saturated rings. The highest BCUT2D eigenvalue weighted by Crippen LogP contribution is 2.14. The van der Waals surface area contributed by atoms with E-state index in [4.69, 9.17) is 9.84 Å². The van der Waals surface area contributed by atoms with Crippen LogP contribution in [0.1, 0.15) is 123 Å². The number of carboxylic acid groups (broad SMARTS) is 1. The van der Waals surface area contributed by atoms with Crippen molar-refractivity contribution in [1.29, 1.82) is 0 Å². The lowest BCUT2D eigenvalue weighted by Gasteiger charge is -2.17. The van der Waals surface area contributed by atoms with E-state index < -0.39 is 5.97 Å². The van der Waals surface area contributed by atoms with Crippen LogP contribution in [0, 0.1) is 0 Å². The zero-order valence-electron chi connectivity index (χ0n) is 18.4. The van der Waals surface area contributed by atoms with Crippen LogP contribution < -0.4 is 0 Å². The SMILES string of the molecule is CCCCCC/C=C\CCCCCCCC(=O)OC(CCC)CCCC(=O)O. The zero-order chi connectivity index (χ0) is 20.9. The fourth-order valence-electron chi connectivity index (χ4n) is 3.30. The van der Waals surface area contributed by atoms with Crippen molar-refractivity contribution in [3.63, 3.8) is 0 Å². The number of carboxylic acids is 1. The number of rotatable bonds is 20. The molecule has 0 aliphatic heterocycles. The number of unbranched alkanes of at least 4 members (excludes halogenated alkanes) is 9. The van der Waals surface area contributed by atoms with Crippen molar-refractivity contribution in [2.45, 2.75) is 129 Å². The molecule has 0 aromatic heterocycles. The number of allylic oxidation sites excluding steroid dienone is 2. The minimum Gasteiger partial charge on any atom is -0.481 e. The first kappa shape index (κ1) is 26.7. The molecule has 0 radical (unpaired) electrons. The fourth-order valence-corrected chi connectivity index (χ4v) is 3.30. The molecule has 164 valence electrons. The third-order valence-electron chi connectivity index (χ3n) is 4.97. The summed E-state index contributed by atoms with van der Waals surface area (Å²) in [4.78, 5) is 22.6. The molecule has 4 heteroatoms. The number of ether oxygens (including phenoxy) is 1. The minimum absolute atomic E-state index is 0.120. The van der Waals surface area contributed by atoms with Crippen molar-refractivity contribution in [2.24, 2.45) is 0 Å².